The molecule has 1 aliphatic rings. The van der Waals surface area contributed by atoms with Crippen LogP contribution in [0.2, 0.25) is 0 Å². The zero-order valence-corrected chi connectivity index (χ0v) is 12.6. The van der Waals surface area contributed by atoms with Crippen LogP contribution in [0.5, 0.6) is 0 Å². The van der Waals surface area contributed by atoms with E-state index in [1.165, 1.54) is 31.9 Å². The second-order valence-electron chi connectivity index (χ2n) is 5.00. The van der Waals surface area contributed by atoms with Gasteiger partial charge in [-0.2, -0.15) is 0 Å². The highest BCUT2D eigenvalue weighted by Crippen LogP contribution is 2.16. The average Bonchev–Trinajstić information content (AvgIpc) is 2.55. The summed E-state index contributed by atoms with van der Waals surface area (Å²) in [4.78, 5) is 15.0. The highest BCUT2D eigenvalue weighted by atomic mass is 19.1. The van der Waals surface area contributed by atoms with Gasteiger partial charge in [-0.1, -0.05) is 17.9 Å². The molecule has 1 aromatic rings. The maximum absolute atomic E-state index is 13.4. The van der Waals surface area contributed by atoms with E-state index in [1.807, 2.05) is 0 Å². The first-order valence-corrected chi connectivity index (χ1v) is 7.26. The van der Waals surface area contributed by atoms with E-state index in [9.17, 15) is 9.18 Å². The third-order valence-electron chi connectivity index (χ3n) is 3.34. The number of aliphatic imine (C=N–C) groups is 1. The molecule has 3 nitrogen and oxygen atoms in total. The molecule has 0 N–H and O–H groups in total. The molecule has 0 saturated heterocycles. The molecule has 22 heavy (non-hydrogen) atoms. The summed E-state index contributed by atoms with van der Waals surface area (Å²) >= 11 is 0. The van der Waals surface area contributed by atoms with Crippen LogP contribution in [0.15, 0.2) is 34.8 Å². The number of methoxy groups -OCH3 is 1. The smallest absolute Gasteiger partial charge is 0.327 e. The summed E-state index contributed by atoms with van der Waals surface area (Å²) in [6.45, 7) is -0.0922. The molecule has 114 valence electrons. The van der Waals surface area contributed by atoms with Gasteiger partial charge in [-0.3, -0.25) is 9.79 Å². The number of carbonyl (C=O) groups is 1. The standard InChI is InChI=1S/C18H18FNO2/c1-22-18(21)13-20-12-16-11-17(19)10-9-15(16)8-7-14-5-3-2-4-6-14/h5,9-12H,2-4,6,13H2,1H3. The first kappa shape index (κ1) is 16.0. The predicted molar refractivity (Wildman–Crippen MR) is 84.3 cm³/mol. The van der Waals surface area contributed by atoms with Gasteiger partial charge >= 0.3 is 5.97 Å². The fourth-order valence-corrected chi connectivity index (χ4v) is 2.14. The molecule has 0 heterocycles. The third-order valence-corrected chi connectivity index (χ3v) is 3.34. The first-order valence-electron chi connectivity index (χ1n) is 7.26. The lowest BCUT2D eigenvalue weighted by molar-refractivity contribution is -0.138. The second kappa shape index (κ2) is 8.14. The number of benzene rings is 1. The Hall–Kier alpha value is -2.41. The largest absolute Gasteiger partial charge is 0.468 e. The lowest BCUT2D eigenvalue weighted by atomic mass is 9.99. The zero-order chi connectivity index (χ0) is 15.8. The van der Waals surface area contributed by atoms with E-state index in [-0.39, 0.29) is 12.4 Å². The minimum atomic E-state index is -0.437. The van der Waals surface area contributed by atoms with Crippen molar-refractivity contribution in [2.75, 3.05) is 13.7 Å². The summed E-state index contributed by atoms with van der Waals surface area (Å²) in [5, 5.41) is 0. The number of hydrogen-bond donors (Lipinski definition) is 0. The molecule has 0 aromatic heterocycles. The number of halogens is 1. The van der Waals surface area contributed by atoms with Crippen LogP contribution < -0.4 is 0 Å². The van der Waals surface area contributed by atoms with Crippen molar-refractivity contribution in [1.82, 2.24) is 0 Å². The molecule has 0 bridgehead atoms. The van der Waals surface area contributed by atoms with E-state index in [0.717, 1.165) is 24.8 Å². The molecule has 1 aromatic carbocycles. The van der Waals surface area contributed by atoms with Crippen molar-refractivity contribution in [3.63, 3.8) is 0 Å². The number of ether oxygens (including phenoxy) is 1. The van der Waals surface area contributed by atoms with Crippen LogP contribution >= 0.6 is 0 Å². The molecule has 0 saturated carbocycles. The Bertz CT molecular complexity index is 665. The van der Waals surface area contributed by atoms with Gasteiger partial charge in [0.2, 0.25) is 0 Å². The Kier molecular flexibility index (Phi) is 5.91. The SMILES string of the molecule is COC(=O)CN=Cc1cc(F)ccc1C#CC1=CCCCC1. The summed E-state index contributed by atoms with van der Waals surface area (Å²) in [6, 6.07) is 4.36. The average molecular weight is 299 g/mol. The van der Waals surface area contributed by atoms with E-state index in [1.54, 1.807) is 6.07 Å². The topological polar surface area (TPSA) is 38.7 Å². The molecule has 0 radical (unpaired) electrons. The van der Waals surface area contributed by atoms with Crippen LogP contribution in [0.1, 0.15) is 36.8 Å². The summed E-state index contributed by atoms with van der Waals surface area (Å²) in [6.07, 6.45) is 8.07. The van der Waals surface area contributed by atoms with E-state index in [2.05, 4.69) is 27.6 Å². The van der Waals surface area contributed by atoms with Gasteiger partial charge in [0.25, 0.3) is 0 Å². The molecule has 0 unspecified atom stereocenters. The molecule has 2 rings (SSSR count). The van der Waals surface area contributed by atoms with E-state index in [4.69, 9.17) is 0 Å². The Balaban J connectivity index is 2.19. The minimum absolute atomic E-state index is 0.0922. The first-order chi connectivity index (χ1) is 10.7. The van der Waals surface area contributed by atoms with E-state index < -0.39 is 5.97 Å². The fourth-order valence-electron chi connectivity index (χ4n) is 2.14. The molecule has 0 atom stereocenters. The molecule has 1 aliphatic carbocycles. The third kappa shape index (κ3) is 4.85. The Morgan fingerprint density at radius 2 is 2.27 bits per heavy atom. The summed E-state index contributed by atoms with van der Waals surface area (Å²) in [5.74, 6) is 5.42. The van der Waals surface area contributed by atoms with Crippen LogP contribution in [0.25, 0.3) is 0 Å². The van der Waals surface area contributed by atoms with Crippen LogP contribution in [-0.2, 0) is 9.53 Å². The maximum Gasteiger partial charge on any atom is 0.327 e. The molecular formula is C18H18FNO2. The fraction of sp³-hybridized carbons (Fsp3) is 0.333. The van der Waals surface area contributed by atoms with Gasteiger partial charge in [-0.25, -0.2) is 4.39 Å². The van der Waals surface area contributed by atoms with Gasteiger partial charge in [0, 0.05) is 17.3 Å². The van der Waals surface area contributed by atoms with Crippen LogP contribution in [-0.4, -0.2) is 25.8 Å². The van der Waals surface area contributed by atoms with Crippen molar-refractivity contribution in [3.8, 4) is 11.8 Å². The summed E-state index contributed by atoms with van der Waals surface area (Å²) < 4.78 is 17.9. The van der Waals surface area contributed by atoms with Crippen molar-refractivity contribution >= 4 is 12.2 Å². The van der Waals surface area contributed by atoms with Crippen molar-refractivity contribution in [2.45, 2.75) is 25.7 Å². The van der Waals surface area contributed by atoms with Crippen LogP contribution in [0, 0.1) is 17.7 Å². The lowest BCUT2D eigenvalue weighted by Crippen LogP contribution is -2.04. The Morgan fingerprint density at radius 3 is 3.00 bits per heavy atom. The Labute approximate surface area is 129 Å². The number of allylic oxidation sites excluding steroid dienone is 2. The van der Waals surface area contributed by atoms with Crippen molar-refractivity contribution in [3.05, 3.63) is 46.8 Å². The minimum Gasteiger partial charge on any atom is -0.468 e. The number of esters is 1. The highest BCUT2D eigenvalue weighted by Gasteiger charge is 2.03. The maximum atomic E-state index is 13.4. The van der Waals surface area contributed by atoms with E-state index in [0.29, 0.717) is 11.1 Å². The van der Waals surface area contributed by atoms with E-state index >= 15 is 0 Å². The predicted octanol–water partition coefficient (Wildman–Crippen LogP) is 3.27. The normalized spacial score (nSPS) is 14.2. The highest BCUT2D eigenvalue weighted by molar-refractivity contribution is 5.85. The molecule has 0 aliphatic heterocycles. The van der Waals surface area contributed by atoms with Gasteiger partial charge in [-0.05, 0) is 49.5 Å². The van der Waals surface area contributed by atoms with Crippen molar-refractivity contribution in [2.24, 2.45) is 4.99 Å². The number of carbonyl (C=O) groups excluding carboxylic acids is 1. The van der Waals surface area contributed by atoms with Crippen LogP contribution in [0.4, 0.5) is 4.39 Å². The molecular weight excluding hydrogens is 281 g/mol. The molecule has 0 spiro atoms. The Morgan fingerprint density at radius 1 is 1.41 bits per heavy atom. The van der Waals surface area contributed by atoms with Crippen molar-refractivity contribution < 1.29 is 13.9 Å². The van der Waals surface area contributed by atoms with Gasteiger partial charge in [-0.15, -0.1) is 0 Å². The van der Waals surface area contributed by atoms with Gasteiger partial charge in [0.05, 0.1) is 7.11 Å². The molecule has 4 heteroatoms. The monoisotopic (exact) mass is 299 g/mol. The number of nitrogens with zero attached hydrogens (tertiary/aromatic N) is 1. The van der Waals surface area contributed by atoms with Crippen molar-refractivity contribution in [1.29, 1.82) is 0 Å². The van der Waals surface area contributed by atoms with Gasteiger partial charge in [0.15, 0.2) is 0 Å². The molecule has 0 amide bonds. The van der Waals surface area contributed by atoms with Gasteiger partial charge in [0.1, 0.15) is 12.4 Å². The zero-order valence-electron chi connectivity index (χ0n) is 12.6. The number of rotatable bonds is 3. The second-order valence-corrected chi connectivity index (χ2v) is 5.00. The lowest BCUT2D eigenvalue weighted by Gasteiger charge is -2.06. The van der Waals surface area contributed by atoms with Crippen LogP contribution in [0.3, 0.4) is 0 Å². The summed E-state index contributed by atoms with van der Waals surface area (Å²) in [7, 11) is 1.30. The van der Waals surface area contributed by atoms with Gasteiger partial charge < -0.3 is 4.74 Å². The number of hydrogen-bond acceptors (Lipinski definition) is 3. The summed E-state index contributed by atoms with van der Waals surface area (Å²) in [5.41, 5.74) is 2.39. The molecule has 0 fully saturated rings. The quantitative estimate of drug-likeness (QED) is 0.488.